The number of carbonyl (C=O) groups excluding carboxylic acids is 1. The van der Waals surface area contributed by atoms with Crippen molar-refractivity contribution in [1.29, 1.82) is 0 Å². The molecule has 24 heavy (non-hydrogen) atoms. The Morgan fingerprint density at radius 2 is 1.79 bits per heavy atom. The molecule has 7 heteroatoms. The highest BCUT2D eigenvalue weighted by Crippen LogP contribution is 2.17. The summed E-state index contributed by atoms with van der Waals surface area (Å²) in [5.41, 5.74) is 0.752. The van der Waals surface area contributed by atoms with Crippen molar-refractivity contribution in [1.82, 2.24) is 5.32 Å². The van der Waals surface area contributed by atoms with Crippen LogP contribution in [0.3, 0.4) is 0 Å². The van der Waals surface area contributed by atoms with Crippen molar-refractivity contribution in [2.75, 3.05) is 12.9 Å². The van der Waals surface area contributed by atoms with Gasteiger partial charge in [0.2, 0.25) is 0 Å². The Kier molecular flexibility index (Phi) is 5.56. The Labute approximate surface area is 140 Å². The zero-order valence-electron chi connectivity index (χ0n) is 13.3. The molecule has 0 aliphatic carbocycles. The fraction of sp³-hybridized carbons (Fsp3) is 0.235. The number of hydrogen-bond acceptors (Lipinski definition) is 4. The SMILES string of the molecule is CC(NC(=O)COc1ccccc1F)c1ccc(S(C)(=O)=O)cc1. The van der Waals surface area contributed by atoms with Gasteiger partial charge in [0.1, 0.15) is 0 Å². The van der Waals surface area contributed by atoms with E-state index in [1.165, 1.54) is 30.3 Å². The van der Waals surface area contributed by atoms with Crippen LogP contribution in [-0.4, -0.2) is 27.2 Å². The first-order valence-corrected chi connectivity index (χ1v) is 9.13. The molecule has 0 aliphatic rings. The van der Waals surface area contributed by atoms with E-state index < -0.39 is 21.6 Å². The van der Waals surface area contributed by atoms with E-state index in [-0.39, 0.29) is 23.3 Å². The van der Waals surface area contributed by atoms with E-state index in [1.807, 2.05) is 0 Å². The third-order valence-corrected chi connectivity index (χ3v) is 4.51. The number of carbonyl (C=O) groups is 1. The Bertz CT molecular complexity index is 819. The topological polar surface area (TPSA) is 72.5 Å². The molecule has 128 valence electrons. The van der Waals surface area contributed by atoms with Crippen molar-refractivity contribution in [3.8, 4) is 5.75 Å². The molecule has 0 saturated carbocycles. The van der Waals surface area contributed by atoms with Crippen molar-refractivity contribution in [3.05, 3.63) is 59.9 Å². The van der Waals surface area contributed by atoms with E-state index in [2.05, 4.69) is 5.32 Å². The molecule has 1 N–H and O–H groups in total. The summed E-state index contributed by atoms with van der Waals surface area (Å²) in [6.07, 6.45) is 1.13. The van der Waals surface area contributed by atoms with Gasteiger partial charge in [-0.15, -0.1) is 0 Å². The van der Waals surface area contributed by atoms with Crippen molar-refractivity contribution in [2.45, 2.75) is 17.9 Å². The molecule has 0 saturated heterocycles. The first-order valence-electron chi connectivity index (χ1n) is 7.24. The van der Waals surface area contributed by atoms with Crippen LogP contribution in [0, 0.1) is 5.82 Å². The number of amides is 1. The first-order chi connectivity index (χ1) is 11.3. The number of ether oxygens (including phenoxy) is 1. The number of hydrogen-bond donors (Lipinski definition) is 1. The maximum Gasteiger partial charge on any atom is 0.258 e. The zero-order valence-corrected chi connectivity index (χ0v) is 14.1. The van der Waals surface area contributed by atoms with E-state index in [4.69, 9.17) is 4.74 Å². The van der Waals surface area contributed by atoms with Gasteiger partial charge in [0.15, 0.2) is 28.0 Å². The van der Waals surface area contributed by atoms with Crippen LogP contribution in [0.25, 0.3) is 0 Å². The van der Waals surface area contributed by atoms with Gasteiger partial charge in [-0.3, -0.25) is 4.79 Å². The van der Waals surface area contributed by atoms with Crippen LogP contribution in [0.4, 0.5) is 4.39 Å². The van der Waals surface area contributed by atoms with Crippen molar-refractivity contribution < 1.29 is 22.3 Å². The average molecular weight is 351 g/mol. The molecule has 0 spiro atoms. The Morgan fingerprint density at radius 1 is 1.17 bits per heavy atom. The van der Waals surface area contributed by atoms with Gasteiger partial charge in [-0.2, -0.15) is 0 Å². The van der Waals surface area contributed by atoms with Gasteiger partial charge in [0, 0.05) is 6.26 Å². The molecule has 1 atom stereocenters. The van der Waals surface area contributed by atoms with Crippen LogP contribution in [0.15, 0.2) is 53.4 Å². The highest BCUT2D eigenvalue weighted by molar-refractivity contribution is 7.90. The van der Waals surface area contributed by atoms with Crippen molar-refractivity contribution in [3.63, 3.8) is 0 Å². The second-order valence-electron chi connectivity index (χ2n) is 5.35. The van der Waals surface area contributed by atoms with Gasteiger partial charge >= 0.3 is 0 Å². The lowest BCUT2D eigenvalue weighted by atomic mass is 10.1. The largest absolute Gasteiger partial charge is 0.481 e. The predicted molar refractivity (Wildman–Crippen MR) is 88.0 cm³/mol. The van der Waals surface area contributed by atoms with Crippen LogP contribution in [0.2, 0.25) is 0 Å². The monoisotopic (exact) mass is 351 g/mol. The van der Waals surface area contributed by atoms with E-state index in [0.29, 0.717) is 0 Å². The van der Waals surface area contributed by atoms with Crippen LogP contribution >= 0.6 is 0 Å². The summed E-state index contributed by atoms with van der Waals surface area (Å²) in [5.74, 6) is -0.925. The van der Waals surface area contributed by atoms with E-state index >= 15 is 0 Å². The van der Waals surface area contributed by atoms with Gasteiger partial charge < -0.3 is 10.1 Å². The number of sulfone groups is 1. The number of rotatable bonds is 6. The molecule has 2 rings (SSSR count). The number of halogens is 1. The molecule has 2 aromatic carbocycles. The minimum Gasteiger partial charge on any atom is -0.481 e. The fourth-order valence-corrected chi connectivity index (χ4v) is 2.71. The molecular formula is C17H18FNO4S. The molecule has 0 fully saturated rings. The maximum absolute atomic E-state index is 13.4. The van der Waals surface area contributed by atoms with Crippen LogP contribution in [-0.2, 0) is 14.6 Å². The molecule has 0 heterocycles. The highest BCUT2D eigenvalue weighted by Gasteiger charge is 2.13. The molecule has 0 aliphatic heterocycles. The van der Waals surface area contributed by atoms with Gasteiger partial charge in [-0.05, 0) is 36.8 Å². The number of nitrogens with one attached hydrogen (secondary N) is 1. The summed E-state index contributed by atoms with van der Waals surface area (Å²) >= 11 is 0. The molecule has 0 bridgehead atoms. The van der Waals surface area contributed by atoms with Crippen molar-refractivity contribution in [2.24, 2.45) is 0 Å². The standard InChI is InChI=1S/C17H18FNO4S/c1-12(13-7-9-14(10-8-13)24(2,21)22)19-17(20)11-23-16-6-4-3-5-15(16)18/h3-10,12H,11H2,1-2H3,(H,19,20). The maximum atomic E-state index is 13.4. The summed E-state index contributed by atoms with van der Waals surface area (Å²) in [4.78, 5) is 12.1. The Morgan fingerprint density at radius 3 is 2.38 bits per heavy atom. The summed E-state index contributed by atoms with van der Waals surface area (Å²) in [5, 5.41) is 2.71. The second-order valence-corrected chi connectivity index (χ2v) is 7.37. The Balaban J connectivity index is 1.93. The van der Waals surface area contributed by atoms with Gasteiger partial charge in [-0.1, -0.05) is 24.3 Å². The van der Waals surface area contributed by atoms with Crippen LogP contribution in [0.5, 0.6) is 5.75 Å². The summed E-state index contributed by atoms with van der Waals surface area (Å²) < 4.78 is 41.4. The van der Waals surface area contributed by atoms with Gasteiger partial charge in [-0.25, -0.2) is 12.8 Å². The quantitative estimate of drug-likeness (QED) is 0.868. The molecular weight excluding hydrogens is 333 g/mol. The van der Waals surface area contributed by atoms with Crippen LogP contribution in [0.1, 0.15) is 18.5 Å². The molecule has 0 radical (unpaired) electrons. The second kappa shape index (κ2) is 7.44. The zero-order chi connectivity index (χ0) is 17.7. The summed E-state index contributed by atoms with van der Waals surface area (Å²) in [7, 11) is -3.25. The molecule has 0 aromatic heterocycles. The molecule has 1 amide bonds. The third-order valence-electron chi connectivity index (χ3n) is 3.38. The smallest absolute Gasteiger partial charge is 0.258 e. The lowest BCUT2D eigenvalue weighted by Gasteiger charge is -2.15. The Hall–Kier alpha value is -2.41. The lowest BCUT2D eigenvalue weighted by Crippen LogP contribution is -2.31. The highest BCUT2D eigenvalue weighted by atomic mass is 32.2. The first kappa shape index (κ1) is 17.9. The predicted octanol–water partition coefficient (Wildman–Crippen LogP) is 2.49. The average Bonchev–Trinajstić information content (AvgIpc) is 2.53. The van der Waals surface area contributed by atoms with E-state index in [0.717, 1.165) is 11.8 Å². The van der Waals surface area contributed by atoms with Crippen molar-refractivity contribution >= 4 is 15.7 Å². The number of benzene rings is 2. The molecule has 5 nitrogen and oxygen atoms in total. The minimum absolute atomic E-state index is 0.0119. The third kappa shape index (κ3) is 4.79. The molecule has 2 aromatic rings. The summed E-state index contributed by atoms with van der Waals surface area (Å²) in [6, 6.07) is 11.8. The normalized spacial score (nSPS) is 12.5. The van der Waals surface area contributed by atoms with Gasteiger partial charge in [0.25, 0.3) is 5.91 Å². The van der Waals surface area contributed by atoms with Gasteiger partial charge in [0.05, 0.1) is 10.9 Å². The minimum atomic E-state index is -3.25. The molecule has 1 unspecified atom stereocenters. The number of para-hydroxylation sites is 1. The van der Waals surface area contributed by atoms with Crippen LogP contribution < -0.4 is 10.1 Å². The lowest BCUT2D eigenvalue weighted by molar-refractivity contribution is -0.123. The summed E-state index contributed by atoms with van der Waals surface area (Å²) in [6.45, 7) is 1.45. The van der Waals surface area contributed by atoms with E-state index in [1.54, 1.807) is 25.1 Å². The fourth-order valence-electron chi connectivity index (χ4n) is 2.08. The van der Waals surface area contributed by atoms with E-state index in [9.17, 15) is 17.6 Å².